The average molecular weight is 206 g/mol. The van der Waals surface area contributed by atoms with E-state index in [1.54, 1.807) is 0 Å². The van der Waals surface area contributed by atoms with Gasteiger partial charge in [-0.05, 0) is 37.0 Å². The lowest BCUT2D eigenvalue weighted by molar-refractivity contribution is 0.162. The molecule has 0 spiro atoms. The van der Waals surface area contributed by atoms with Crippen LogP contribution in [-0.4, -0.2) is 23.8 Å². The molecular weight excluding hydrogens is 188 g/mol. The van der Waals surface area contributed by atoms with Crippen molar-refractivity contribution < 1.29 is 5.11 Å². The van der Waals surface area contributed by atoms with Gasteiger partial charge in [0.15, 0.2) is 0 Å². The molecule has 0 saturated carbocycles. The topological polar surface area (TPSA) is 58.3 Å². The molecule has 0 radical (unpaired) electrons. The molecule has 15 heavy (non-hydrogen) atoms. The Labute approximate surface area is 90.3 Å². The number of aliphatic hydroxyl groups excluding tert-OH is 1. The minimum Gasteiger partial charge on any atom is -0.390 e. The summed E-state index contributed by atoms with van der Waals surface area (Å²) in [5.41, 5.74) is 10.5. The smallest absolute Gasteiger partial charge is 0.0866 e. The summed E-state index contributed by atoms with van der Waals surface area (Å²) in [5, 5.41) is 13.1. The van der Waals surface area contributed by atoms with Gasteiger partial charge in [-0.15, -0.1) is 0 Å². The lowest BCUT2D eigenvalue weighted by atomic mass is 10.00. The predicted molar refractivity (Wildman–Crippen MR) is 62.1 cm³/mol. The molecule has 1 aliphatic heterocycles. The number of aryl methyl sites for hydroxylation is 2. The van der Waals surface area contributed by atoms with Crippen LogP contribution in [0.5, 0.6) is 0 Å². The van der Waals surface area contributed by atoms with Gasteiger partial charge >= 0.3 is 0 Å². The van der Waals surface area contributed by atoms with Gasteiger partial charge in [0.25, 0.3) is 0 Å². The van der Waals surface area contributed by atoms with Crippen molar-refractivity contribution in [2.45, 2.75) is 32.4 Å². The molecule has 0 aromatic heterocycles. The van der Waals surface area contributed by atoms with Crippen LogP contribution in [0.25, 0.3) is 0 Å². The van der Waals surface area contributed by atoms with Gasteiger partial charge in [0.2, 0.25) is 0 Å². The van der Waals surface area contributed by atoms with Crippen molar-refractivity contribution in [1.29, 1.82) is 0 Å². The monoisotopic (exact) mass is 206 g/mol. The quantitative estimate of drug-likeness (QED) is 0.675. The Kier molecular flexibility index (Phi) is 2.67. The minimum atomic E-state index is -0.462. The highest BCUT2D eigenvalue weighted by atomic mass is 16.3. The highest BCUT2D eigenvalue weighted by Crippen LogP contribution is 2.32. The van der Waals surface area contributed by atoms with Gasteiger partial charge in [-0.3, -0.25) is 0 Å². The van der Waals surface area contributed by atoms with E-state index in [9.17, 15) is 5.11 Å². The fourth-order valence-corrected chi connectivity index (χ4v) is 2.19. The molecule has 0 amide bonds. The third-order valence-corrected chi connectivity index (χ3v) is 3.22. The molecule has 0 aliphatic carbocycles. The zero-order valence-corrected chi connectivity index (χ0v) is 9.25. The van der Waals surface area contributed by atoms with E-state index in [-0.39, 0.29) is 6.04 Å². The standard InChI is InChI=1S/C12H18N2O/c1-7-3-4-8(2)12-9(7)5-10(14-12)11(15)6-13/h3-4,10-11,14-15H,5-6,13H2,1-2H3. The van der Waals surface area contributed by atoms with Crippen LogP contribution < -0.4 is 11.1 Å². The van der Waals surface area contributed by atoms with Gasteiger partial charge in [-0.25, -0.2) is 0 Å². The predicted octanol–water partition coefficient (Wildman–Crippen LogP) is 0.960. The first-order valence-corrected chi connectivity index (χ1v) is 5.37. The Bertz CT molecular complexity index is 345. The maximum Gasteiger partial charge on any atom is 0.0866 e. The first-order valence-electron chi connectivity index (χ1n) is 5.37. The van der Waals surface area contributed by atoms with Gasteiger partial charge in [0.05, 0.1) is 12.1 Å². The van der Waals surface area contributed by atoms with Crippen LogP contribution in [0.1, 0.15) is 16.7 Å². The molecule has 1 aromatic rings. The number of benzene rings is 1. The maximum absolute atomic E-state index is 9.72. The van der Waals surface area contributed by atoms with Crippen LogP contribution in [0.3, 0.4) is 0 Å². The minimum absolute atomic E-state index is 0.0739. The highest BCUT2D eigenvalue weighted by molar-refractivity contribution is 5.64. The summed E-state index contributed by atoms with van der Waals surface area (Å²) in [7, 11) is 0. The molecule has 0 fully saturated rings. The SMILES string of the molecule is Cc1ccc(C)c2c1CC(C(O)CN)N2. The van der Waals surface area contributed by atoms with Crippen molar-refractivity contribution in [2.24, 2.45) is 5.73 Å². The van der Waals surface area contributed by atoms with Gasteiger partial charge in [0, 0.05) is 12.2 Å². The summed E-state index contributed by atoms with van der Waals surface area (Å²) in [6, 6.07) is 4.32. The van der Waals surface area contributed by atoms with Crippen LogP contribution in [0.4, 0.5) is 5.69 Å². The van der Waals surface area contributed by atoms with Crippen molar-refractivity contribution in [3.8, 4) is 0 Å². The van der Waals surface area contributed by atoms with Crippen LogP contribution >= 0.6 is 0 Å². The number of nitrogens with two attached hydrogens (primary N) is 1. The molecule has 0 saturated heterocycles. The van der Waals surface area contributed by atoms with Crippen LogP contribution in [0.15, 0.2) is 12.1 Å². The third kappa shape index (κ3) is 1.73. The van der Waals surface area contributed by atoms with Crippen molar-refractivity contribution in [2.75, 3.05) is 11.9 Å². The maximum atomic E-state index is 9.72. The molecule has 1 aliphatic rings. The van der Waals surface area contributed by atoms with Crippen LogP contribution in [0, 0.1) is 13.8 Å². The van der Waals surface area contributed by atoms with E-state index in [0.29, 0.717) is 6.54 Å². The molecule has 82 valence electrons. The lowest BCUT2D eigenvalue weighted by Gasteiger charge is -2.17. The summed E-state index contributed by atoms with van der Waals surface area (Å²) < 4.78 is 0. The van der Waals surface area contributed by atoms with Crippen molar-refractivity contribution >= 4 is 5.69 Å². The first kappa shape index (κ1) is 10.5. The Morgan fingerprint density at radius 1 is 1.47 bits per heavy atom. The molecule has 4 N–H and O–H groups in total. The fraction of sp³-hybridized carbons (Fsp3) is 0.500. The van der Waals surface area contributed by atoms with Crippen molar-refractivity contribution in [3.05, 3.63) is 28.8 Å². The Morgan fingerprint density at radius 3 is 2.73 bits per heavy atom. The first-order chi connectivity index (χ1) is 7.13. The number of hydrogen-bond donors (Lipinski definition) is 3. The largest absolute Gasteiger partial charge is 0.390 e. The Morgan fingerprint density at radius 2 is 2.13 bits per heavy atom. The van der Waals surface area contributed by atoms with E-state index in [0.717, 1.165) is 6.42 Å². The fourth-order valence-electron chi connectivity index (χ4n) is 2.19. The molecule has 0 bridgehead atoms. The number of nitrogens with one attached hydrogen (secondary N) is 1. The number of aliphatic hydroxyl groups is 1. The second kappa shape index (κ2) is 3.83. The summed E-state index contributed by atoms with van der Waals surface area (Å²) >= 11 is 0. The van der Waals surface area contributed by atoms with Crippen molar-refractivity contribution in [1.82, 2.24) is 0 Å². The Balaban J connectivity index is 2.30. The second-order valence-electron chi connectivity index (χ2n) is 4.31. The molecule has 2 unspecified atom stereocenters. The zero-order valence-electron chi connectivity index (χ0n) is 9.25. The number of rotatable bonds is 2. The summed E-state index contributed by atoms with van der Waals surface area (Å²) in [6.07, 6.45) is 0.414. The van der Waals surface area contributed by atoms with Gasteiger partial charge < -0.3 is 16.2 Å². The molecule has 1 heterocycles. The van der Waals surface area contributed by atoms with Crippen molar-refractivity contribution in [3.63, 3.8) is 0 Å². The summed E-state index contributed by atoms with van der Waals surface area (Å²) in [6.45, 7) is 4.50. The molecule has 3 heteroatoms. The van der Waals surface area contributed by atoms with E-state index in [2.05, 4.69) is 31.3 Å². The zero-order chi connectivity index (χ0) is 11.0. The van der Waals surface area contributed by atoms with E-state index >= 15 is 0 Å². The molecule has 2 atom stereocenters. The molecular formula is C12H18N2O. The van der Waals surface area contributed by atoms with Gasteiger partial charge in [-0.2, -0.15) is 0 Å². The molecule has 1 aromatic carbocycles. The van der Waals surface area contributed by atoms with E-state index in [1.807, 2.05) is 0 Å². The van der Waals surface area contributed by atoms with Gasteiger partial charge in [0.1, 0.15) is 0 Å². The molecule has 2 rings (SSSR count). The van der Waals surface area contributed by atoms with E-state index in [4.69, 9.17) is 5.73 Å². The van der Waals surface area contributed by atoms with Gasteiger partial charge in [-0.1, -0.05) is 12.1 Å². The third-order valence-electron chi connectivity index (χ3n) is 3.22. The number of fused-ring (bicyclic) bond motifs is 1. The normalized spacial score (nSPS) is 20.9. The molecule has 3 nitrogen and oxygen atoms in total. The number of hydrogen-bond acceptors (Lipinski definition) is 3. The number of anilines is 1. The van der Waals surface area contributed by atoms with Crippen LogP contribution in [0.2, 0.25) is 0 Å². The second-order valence-corrected chi connectivity index (χ2v) is 4.31. The van der Waals surface area contributed by atoms with E-state index < -0.39 is 6.10 Å². The Hall–Kier alpha value is -1.06. The lowest BCUT2D eigenvalue weighted by Crippen LogP contribution is -2.37. The van der Waals surface area contributed by atoms with Crippen LogP contribution in [-0.2, 0) is 6.42 Å². The van der Waals surface area contributed by atoms with E-state index in [1.165, 1.54) is 22.4 Å². The average Bonchev–Trinajstić information content (AvgIpc) is 2.68. The highest BCUT2D eigenvalue weighted by Gasteiger charge is 2.27. The summed E-state index contributed by atoms with van der Waals surface area (Å²) in [5.74, 6) is 0. The summed E-state index contributed by atoms with van der Waals surface area (Å²) in [4.78, 5) is 0.